The largest absolute Gasteiger partial charge is 0.376 e. The van der Waals surface area contributed by atoms with Gasteiger partial charge >= 0.3 is 0 Å². The molecule has 4 heterocycles. The molecule has 2 aromatic rings. The van der Waals surface area contributed by atoms with Gasteiger partial charge in [-0.05, 0) is 38.8 Å². The molecule has 0 N–H and O–H groups in total. The topological polar surface area (TPSA) is 83.6 Å². The van der Waals surface area contributed by atoms with Gasteiger partial charge in [-0.2, -0.15) is 0 Å². The first-order valence-corrected chi connectivity index (χ1v) is 10.6. The SMILES string of the molecule is CC(C)OCCOCc1nnn2c1COC1(CCN(C(=O)c3cccn3C)CC1)C2. The summed E-state index contributed by atoms with van der Waals surface area (Å²) in [6.45, 7) is 8.01. The molecule has 164 valence electrons. The van der Waals surface area contributed by atoms with Gasteiger partial charge in [0.25, 0.3) is 5.91 Å². The van der Waals surface area contributed by atoms with Gasteiger partial charge in [0.1, 0.15) is 11.4 Å². The number of carbonyl (C=O) groups excluding carboxylic acids is 1. The molecule has 30 heavy (non-hydrogen) atoms. The molecular weight excluding hydrogens is 386 g/mol. The molecule has 0 aromatic carbocycles. The van der Waals surface area contributed by atoms with Crippen molar-refractivity contribution in [1.82, 2.24) is 24.5 Å². The van der Waals surface area contributed by atoms with E-state index in [-0.39, 0.29) is 17.6 Å². The second-order valence-corrected chi connectivity index (χ2v) is 8.38. The summed E-state index contributed by atoms with van der Waals surface area (Å²) in [5.41, 5.74) is 2.24. The Balaban J connectivity index is 1.30. The average molecular weight is 418 g/mol. The second-order valence-electron chi connectivity index (χ2n) is 8.38. The molecule has 0 aliphatic carbocycles. The van der Waals surface area contributed by atoms with Gasteiger partial charge in [0.2, 0.25) is 0 Å². The van der Waals surface area contributed by atoms with Gasteiger partial charge in [-0.15, -0.1) is 5.10 Å². The third-order valence-electron chi connectivity index (χ3n) is 5.91. The lowest BCUT2D eigenvalue weighted by atomic mass is 9.89. The fourth-order valence-corrected chi connectivity index (χ4v) is 4.08. The van der Waals surface area contributed by atoms with Crippen molar-refractivity contribution >= 4 is 5.91 Å². The van der Waals surface area contributed by atoms with E-state index in [0.717, 1.165) is 29.9 Å². The number of nitrogens with zero attached hydrogens (tertiary/aromatic N) is 5. The first-order chi connectivity index (χ1) is 14.5. The predicted molar refractivity (Wildman–Crippen MR) is 109 cm³/mol. The van der Waals surface area contributed by atoms with Crippen molar-refractivity contribution in [3.05, 3.63) is 35.4 Å². The molecule has 9 heteroatoms. The highest BCUT2D eigenvalue weighted by molar-refractivity contribution is 5.92. The lowest BCUT2D eigenvalue weighted by Crippen LogP contribution is -2.52. The van der Waals surface area contributed by atoms with Crippen LogP contribution in [0.1, 0.15) is 48.6 Å². The van der Waals surface area contributed by atoms with E-state index < -0.39 is 0 Å². The van der Waals surface area contributed by atoms with Crippen molar-refractivity contribution in [2.24, 2.45) is 7.05 Å². The summed E-state index contributed by atoms with van der Waals surface area (Å²) in [5.74, 6) is 0.0792. The first kappa shape index (κ1) is 21.0. The molecule has 0 bridgehead atoms. The third-order valence-corrected chi connectivity index (χ3v) is 5.91. The van der Waals surface area contributed by atoms with E-state index in [2.05, 4.69) is 10.3 Å². The van der Waals surface area contributed by atoms with Crippen molar-refractivity contribution < 1.29 is 19.0 Å². The number of hydrogen-bond acceptors (Lipinski definition) is 6. The van der Waals surface area contributed by atoms with Gasteiger partial charge in [-0.3, -0.25) is 4.79 Å². The lowest BCUT2D eigenvalue weighted by Gasteiger charge is -2.43. The fraction of sp³-hybridized carbons (Fsp3) is 0.667. The Morgan fingerprint density at radius 2 is 2.10 bits per heavy atom. The molecule has 1 spiro atoms. The highest BCUT2D eigenvalue weighted by Crippen LogP contribution is 2.34. The van der Waals surface area contributed by atoms with Gasteiger partial charge in [0.05, 0.1) is 50.4 Å². The van der Waals surface area contributed by atoms with Crippen molar-refractivity contribution in [2.45, 2.75) is 58.2 Å². The van der Waals surface area contributed by atoms with Crippen LogP contribution in [-0.2, 0) is 41.0 Å². The molecule has 0 radical (unpaired) electrons. The molecule has 2 aliphatic heterocycles. The van der Waals surface area contributed by atoms with Gasteiger partial charge in [-0.25, -0.2) is 4.68 Å². The summed E-state index contributed by atoms with van der Waals surface area (Å²) < 4.78 is 21.3. The minimum atomic E-state index is -0.283. The van der Waals surface area contributed by atoms with Crippen LogP contribution in [0.15, 0.2) is 18.3 Å². The Morgan fingerprint density at radius 3 is 2.80 bits per heavy atom. The van der Waals surface area contributed by atoms with E-state index in [4.69, 9.17) is 14.2 Å². The third kappa shape index (κ3) is 4.43. The van der Waals surface area contributed by atoms with Crippen LogP contribution in [0.4, 0.5) is 0 Å². The summed E-state index contributed by atoms with van der Waals surface area (Å²) in [7, 11) is 1.90. The number of likely N-dealkylation sites (tertiary alicyclic amines) is 1. The Morgan fingerprint density at radius 1 is 1.30 bits per heavy atom. The molecule has 9 nitrogen and oxygen atoms in total. The smallest absolute Gasteiger partial charge is 0.270 e. The fourth-order valence-electron chi connectivity index (χ4n) is 4.08. The molecule has 2 aliphatic rings. The number of aromatic nitrogens is 4. The number of hydrogen-bond donors (Lipinski definition) is 0. The molecule has 0 atom stereocenters. The Bertz CT molecular complexity index is 867. The van der Waals surface area contributed by atoms with Crippen LogP contribution in [0.3, 0.4) is 0 Å². The van der Waals surface area contributed by atoms with Gasteiger partial charge in [0, 0.05) is 26.3 Å². The zero-order valence-corrected chi connectivity index (χ0v) is 18.0. The van der Waals surface area contributed by atoms with E-state index in [0.29, 0.717) is 46.1 Å². The molecule has 0 saturated carbocycles. The standard InChI is InChI=1S/C21H31N5O4/c1-16(2)29-12-11-28-13-17-19-14-30-21(15-26(19)23-22-17)6-9-25(10-7-21)20(27)18-5-4-8-24(18)3/h4-5,8,16H,6-7,9-15H2,1-3H3. The minimum absolute atomic E-state index is 0.0792. The summed E-state index contributed by atoms with van der Waals surface area (Å²) in [6.07, 6.45) is 3.68. The molecular formula is C21H31N5O4. The molecule has 1 fully saturated rings. The number of aryl methyl sites for hydroxylation is 1. The molecule has 1 saturated heterocycles. The number of piperidine rings is 1. The number of amides is 1. The van der Waals surface area contributed by atoms with Crippen LogP contribution in [0.5, 0.6) is 0 Å². The molecule has 0 unspecified atom stereocenters. The average Bonchev–Trinajstić information content (AvgIpc) is 3.33. The number of rotatable bonds is 7. The van der Waals surface area contributed by atoms with E-state index in [1.807, 2.05) is 53.4 Å². The van der Waals surface area contributed by atoms with Crippen LogP contribution in [0.2, 0.25) is 0 Å². The van der Waals surface area contributed by atoms with Gasteiger partial charge in [0.15, 0.2) is 0 Å². The van der Waals surface area contributed by atoms with E-state index in [1.165, 1.54) is 0 Å². The van der Waals surface area contributed by atoms with E-state index in [9.17, 15) is 4.79 Å². The second kappa shape index (κ2) is 8.87. The maximum Gasteiger partial charge on any atom is 0.270 e. The summed E-state index contributed by atoms with van der Waals surface area (Å²) >= 11 is 0. The van der Waals surface area contributed by atoms with Crippen LogP contribution in [-0.4, -0.2) is 68.4 Å². The summed E-state index contributed by atoms with van der Waals surface area (Å²) in [5, 5.41) is 8.63. The normalized spacial score (nSPS) is 18.2. The van der Waals surface area contributed by atoms with Crippen LogP contribution >= 0.6 is 0 Å². The van der Waals surface area contributed by atoms with Crippen molar-refractivity contribution in [3.63, 3.8) is 0 Å². The molecule has 2 aromatic heterocycles. The predicted octanol–water partition coefficient (Wildman–Crippen LogP) is 1.76. The van der Waals surface area contributed by atoms with Gasteiger partial charge in [-0.1, -0.05) is 5.21 Å². The van der Waals surface area contributed by atoms with Crippen molar-refractivity contribution in [2.75, 3.05) is 26.3 Å². The van der Waals surface area contributed by atoms with Crippen LogP contribution in [0.25, 0.3) is 0 Å². The Kier molecular flexibility index (Phi) is 6.21. The maximum atomic E-state index is 12.8. The van der Waals surface area contributed by atoms with E-state index in [1.54, 1.807) is 0 Å². The van der Waals surface area contributed by atoms with Crippen LogP contribution < -0.4 is 0 Å². The quantitative estimate of drug-likeness (QED) is 0.639. The highest BCUT2D eigenvalue weighted by Gasteiger charge is 2.41. The monoisotopic (exact) mass is 417 g/mol. The first-order valence-electron chi connectivity index (χ1n) is 10.6. The highest BCUT2D eigenvalue weighted by atomic mass is 16.5. The number of fused-ring (bicyclic) bond motifs is 1. The lowest BCUT2D eigenvalue weighted by molar-refractivity contribution is -0.120. The van der Waals surface area contributed by atoms with Crippen LogP contribution in [0, 0.1) is 0 Å². The zero-order valence-electron chi connectivity index (χ0n) is 18.0. The van der Waals surface area contributed by atoms with Crippen molar-refractivity contribution in [1.29, 1.82) is 0 Å². The zero-order chi connectivity index (χ0) is 21.1. The Hall–Kier alpha value is -2.23. The van der Waals surface area contributed by atoms with E-state index >= 15 is 0 Å². The maximum absolute atomic E-state index is 12.8. The number of carbonyl (C=O) groups is 1. The minimum Gasteiger partial charge on any atom is -0.376 e. The Labute approximate surface area is 176 Å². The molecule has 4 rings (SSSR count). The van der Waals surface area contributed by atoms with Crippen molar-refractivity contribution in [3.8, 4) is 0 Å². The molecule has 1 amide bonds. The number of ether oxygens (including phenoxy) is 3. The summed E-state index contributed by atoms with van der Waals surface area (Å²) in [4.78, 5) is 14.7. The summed E-state index contributed by atoms with van der Waals surface area (Å²) in [6, 6.07) is 3.76. The van der Waals surface area contributed by atoms with Gasteiger partial charge < -0.3 is 23.7 Å².